The molecule has 2 nitrogen and oxygen atoms in total. The Kier molecular flexibility index (Phi) is 10.3. The van der Waals surface area contributed by atoms with Crippen LogP contribution >= 0.6 is 0 Å². The third kappa shape index (κ3) is 6.93. The van der Waals surface area contributed by atoms with Crippen molar-refractivity contribution in [2.45, 2.75) is 6.04 Å². The van der Waals surface area contributed by atoms with E-state index in [0.717, 1.165) is 11.7 Å². The molecule has 0 saturated carbocycles. The van der Waals surface area contributed by atoms with Gasteiger partial charge in [0.1, 0.15) is 0 Å². The lowest BCUT2D eigenvalue weighted by molar-refractivity contribution is 1.17. The molecule has 13 aromatic rings. The first-order valence-corrected chi connectivity index (χ1v) is 26.5. The zero-order chi connectivity index (χ0) is 46.4. The number of benzene rings is 11. The molecule has 0 aliphatic heterocycles. The maximum absolute atomic E-state index is 2.65. The molecular weight excluding hydrogens is 861 g/mol. The van der Waals surface area contributed by atoms with Gasteiger partial charge in [0.2, 0.25) is 0 Å². The lowest BCUT2D eigenvalue weighted by Gasteiger charge is -2.34. The van der Waals surface area contributed by atoms with Gasteiger partial charge in [0.15, 0.2) is 8.07 Å². The molecule has 0 amide bonds. The van der Waals surface area contributed by atoms with Gasteiger partial charge in [0.25, 0.3) is 0 Å². The van der Waals surface area contributed by atoms with Crippen LogP contribution in [0.3, 0.4) is 0 Å². The fourth-order valence-electron chi connectivity index (χ4n) is 11.4. The number of rotatable bonds is 10. The van der Waals surface area contributed by atoms with Crippen molar-refractivity contribution in [2.75, 3.05) is 0 Å². The van der Waals surface area contributed by atoms with Crippen molar-refractivity contribution in [3.8, 4) is 44.8 Å². The van der Waals surface area contributed by atoms with Crippen LogP contribution in [0.2, 0.25) is 0 Å². The Hall–Kier alpha value is -8.76. The van der Waals surface area contributed by atoms with Crippen LogP contribution in [-0.4, -0.2) is 17.2 Å². The smallest absolute Gasteiger partial charge is 0.152 e. The summed E-state index contributed by atoms with van der Waals surface area (Å²) in [7, 11) is -2.65. The summed E-state index contributed by atoms with van der Waals surface area (Å²) in [5, 5.41) is 9.26. The van der Waals surface area contributed by atoms with E-state index in [0.29, 0.717) is 0 Å². The summed E-state index contributed by atoms with van der Waals surface area (Å²) in [6.07, 6.45) is 0. The quantitative estimate of drug-likeness (QED) is 0.0956. The van der Waals surface area contributed by atoms with Crippen LogP contribution in [0, 0.1) is 0 Å². The van der Waals surface area contributed by atoms with Crippen LogP contribution in [0.25, 0.3) is 88.4 Å². The van der Waals surface area contributed by atoms with Gasteiger partial charge in [-0.3, -0.25) is 0 Å². The van der Waals surface area contributed by atoms with Gasteiger partial charge in [-0.2, -0.15) is 0 Å². The highest BCUT2D eigenvalue weighted by atomic mass is 28.3. The van der Waals surface area contributed by atoms with E-state index < -0.39 is 8.07 Å². The summed E-state index contributed by atoms with van der Waals surface area (Å²) in [5.74, 6) is 0. The fraction of sp³-hybridized carbons (Fsp3) is 0.0149. The molecule has 0 aliphatic rings. The predicted octanol–water partition coefficient (Wildman–Crippen LogP) is 15.1. The first kappa shape index (κ1) is 41.4. The zero-order valence-corrected chi connectivity index (χ0v) is 39.7. The molecule has 13 rings (SSSR count). The number of para-hydroxylation sites is 2. The average molecular weight is 909 g/mol. The van der Waals surface area contributed by atoms with Crippen LogP contribution in [0.1, 0.15) is 5.56 Å². The Labute approximate surface area is 409 Å². The summed E-state index contributed by atoms with van der Waals surface area (Å²) in [6.45, 7) is 0. The van der Waals surface area contributed by atoms with Crippen LogP contribution < -0.4 is 15.6 Å². The third-order valence-corrected chi connectivity index (χ3v) is 19.4. The normalized spacial score (nSPS) is 11.8. The van der Waals surface area contributed by atoms with Crippen LogP contribution in [0.4, 0.5) is 0 Å². The van der Waals surface area contributed by atoms with Crippen LogP contribution in [-0.2, 0) is 6.04 Å². The summed E-state index contributed by atoms with van der Waals surface area (Å²) < 4.78 is 5.04. The molecular formula is C67H48N2Si. The number of hydrogen-bond acceptors (Lipinski definition) is 0. The molecule has 3 heteroatoms. The number of fused-ring (bicyclic) bond motifs is 6. The third-order valence-electron chi connectivity index (χ3n) is 14.5. The maximum atomic E-state index is 2.55. The molecule has 70 heavy (non-hydrogen) atoms. The van der Waals surface area contributed by atoms with Crippen molar-refractivity contribution in [3.63, 3.8) is 0 Å². The molecule has 0 atom stereocenters. The minimum absolute atomic E-state index is 0.911. The Morgan fingerprint density at radius 2 is 0.657 bits per heavy atom. The molecule has 2 aromatic heterocycles. The molecule has 11 aromatic carbocycles. The van der Waals surface area contributed by atoms with Crippen LogP contribution in [0.5, 0.6) is 0 Å². The summed E-state index contributed by atoms with van der Waals surface area (Å²) >= 11 is 0. The molecule has 2 heterocycles. The molecule has 0 spiro atoms. The molecule has 0 aliphatic carbocycles. The van der Waals surface area contributed by atoms with Crippen molar-refractivity contribution in [1.29, 1.82) is 0 Å². The van der Waals surface area contributed by atoms with Crippen molar-refractivity contribution in [2.24, 2.45) is 0 Å². The van der Waals surface area contributed by atoms with Crippen LogP contribution in [0.15, 0.2) is 279 Å². The van der Waals surface area contributed by atoms with Gasteiger partial charge in [-0.15, -0.1) is 0 Å². The van der Waals surface area contributed by atoms with Gasteiger partial charge in [0, 0.05) is 27.2 Å². The van der Waals surface area contributed by atoms with E-state index in [1.165, 1.54) is 104 Å². The molecule has 330 valence electrons. The van der Waals surface area contributed by atoms with Gasteiger partial charge >= 0.3 is 0 Å². The lowest BCUT2D eigenvalue weighted by atomic mass is 9.95. The van der Waals surface area contributed by atoms with Crippen molar-refractivity contribution in [3.05, 3.63) is 285 Å². The standard InChI is InChI=1S/C67H48N2Si/c1-6-23-48(24-7-1)50-27-20-28-51(43-50)54-44-53(49-25-8-2-9-26-49)45-55(46-54)68-61-38-18-17-37-60(61)67-64(68)41-22-42-65(67)69-62-39-19-16-36-59(62)66-52(29-21-40-63(66)69)47-70(56-30-10-3-11-31-56,57-32-12-4-13-33-57)58-34-14-5-15-35-58/h1-46H,47H2. The molecule has 0 radical (unpaired) electrons. The molecule has 0 bridgehead atoms. The number of aromatic nitrogens is 2. The highest BCUT2D eigenvalue weighted by molar-refractivity contribution is 7.11. The summed E-state index contributed by atoms with van der Waals surface area (Å²) in [4.78, 5) is 0. The van der Waals surface area contributed by atoms with Gasteiger partial charge < -0.3 is 9.13 Å². The van der Waals surface area contributed by atoms with E-state index in [9.17, 15) is 0 Å². The SMILES string of the molecule is c1ccc(-c2cccc(-c3cc(-c4ccccc4)cc(-n4c5ccccc5c5c(-n6c7ccccc7c7c(C[Si](c8ccccc8)(c8ccccc8)c8ccccc8)cccc76)cccc54)c3)c2)cc1. The molecule has 0 N–H and O–H groups in total. The minimum atomic E-state index is -2.65. The highest BCUT2D eigenvalue weighted by Gasteiger charge is 2.40. The molecule has 0 fully saturated rings. The second kappa shape index (κ2) is 17.4. The monoisotopic (exact) mass is 908 g/mol. The van der Waals surface area contributed by atoms with E-state index >= 15 is 0 Å². The first-order valence-electron chi connectivity index (χ1n) is 24.3. The van der Waals surface area contributed by atoms with Gasteiger partial charge in [-0.25, -0.2) is 0 Å². The van der Waals surface area contributed by atoms with Crippen molar-refractivity contribution >= 4 is 67.2 Å². The number of hydrogen-bond donors (Lipinski definition) is 0. The Morgan fingerprint density at radius 3 is 1.24 bits per heavy atom. The number of nitrogens with zero attached hydrogens (tertiary/aromatic N) is 2. The fourth-order valence-corrected chi connectivity index (χ4v) is 16.2. The van der Waals surface area contributed by atoms with E-state index in [2.05, 4.69) is 288 Å². The lowest BCUT2D eigenvalue weighted by Crippen LogP contribution is -2.68. The van der Waals surface area contributed by atoms with Gasteiger partial charge in [-0.1, -0.05) is 224 Å². The zero-order valence-electron chi connectivity index (χ0n) is 38.7. The molecule has 0 saturated heterocycles. The van der Waals surface area contributed by atoms with Crippen molar-refractivity contribution < 1.29 is 0 Å². The van der Waals surface area contributed by atoms with E-state index in [4.69, 9.17) is 0 Å². The summed E-state index contributed by atoms with van der Waals surface area (Å²) in [6, 6.07) is 104. The second-order valence-corrected chi connectivity index (χ2v) is 22.3. The topological polar surface area (TPSA) is 9.86 Å². The van der Waals surface area contributed by atoms with Gasteiger partial charge in [-0.05, 0) is 115 Å². The van der Waals surface area contributed by atoms with E-state index in [-0.39, 0.29) is 0 Å². The van der Waals surface area contributed by atoms with Gasteiger partial charge in [0.05, 0.1) is 27.8 Å². The van der Waals surface area contributed by atoms with E-state index in [1.54, 1.807) is 0 Å². The Balaban J connectivity index is 1.04. The van der Waals surface area contributed by atoms with E-state index in [1.807, 2.05) is 0 Å². The Bertz CT molecular complexity index is 3910. The largest absolute Gasteiger partial charge is 0.309 e. The summed E-state index contributed by atoms with van der Waals surface area (Å²) in [5.41, 5.74) is 15.5. The Morgan fingerprint density at radius 1 is 0.271 bits per heavy atom. The predicted molar refractivity (Wildman–Crippen MR) is 299 cm³/mol. The first-order chi connectivity index (χ1) is 34.7. The molecule has 0 unspecified atom stereocenters. The minimum Gasteiger partial charge on any atom is -0.309 e. The second-order valence-electron chi connectivity index (χ2n) is 18.4. The maximum Gasteiger partial charge on any atom is 0.152 e. The highest BCUT2D eigenvalue weighted by Crippen LogP contribution is 2.42. The van der Waals surface area contributed by atoms with Crippen molar-refractivity contribution in [1.82, 2.24) is 9.13 Å². The average Bonchev–Trinajstić information content (AvgIpc) is 3.97.